The molecule has 1 atom stereocenters. The second-order valence-electron chi connectivity index (χ2n) is 4.26. The van der Waals surface area contributed by atoms with E-state index < -0.39 is 16.1 Å². The maximum Gasteiger partial charge on any atom is 0.243 e. The Balaban J connectivity index is 0.00000361. The smallest absolute Gasteiger partial charge is 0.243 e. The summed E-state index contributed by atoms with van der Waals surface area (Å²) in [5.74, 6) is 0. The summed E-state index contributed by atoms with van der Waals surface area (Å²) in [5, 5.41) is 10.0. The van der Waals surface area contributed by atoms with Gasteiger partial charge in [-0.05, 0) is 30.7 Å². The molecule has 5 nitrogen and oxygen atoms in total. The van der Waals surface area contributed by atoms with Gasteiger partial charge >= 0.3 is 0 Å². The number of aliphatic hydroxyl groups is 1. The number of aliphatic hydroxyl groups excluding tert-OH is 1. The number of aryl methyl sites for hydroxylation is 1. The SMILES string of the molecule is CCN(CC(O)CN)S(=O)(=O)c1ccc(Cl)c(C)c1.Cl. The monoisotopic (exact) mass is 342 g/mol. The summed E-state index contributed by atoms with van der Waals surface area (Å²) in [6.45, 7) is 3.72. The molecule has 3 N–H and O–H groups in total. The normalized spacial score (nSPS) is 13.1. The lowest BCUT2D eigenvalue weighted by Gasteiger charge is -2.23. The lowest BCUT2D eigenvalue weighted by Crippen LogP contribution is -2.40. The second kappa shape index (κ2) is 8.17. The molecule has 1 rings (SSSR count). The molecule has 0 aromatic heterocycles. The molecule has 0 radical (unpaired) electrons. The van der Waals surface area contributed by atoms with Crippen molar-refractivity contribution in [2.45, 2.75) is 24.8 Å². The fourth-order valence-corrected chi connectivity index (χ4v) is 3.32. The fourth-order valence-electron chi connectivity index (χ4n) is 1.63. The third kappa shape index (κ3) is 4.58. The Kier molecular flexibility index (Phi) is 8.01. The number of nitrogens with two attached hydrogens (primary N) is 1. The quantitative estimate of drug-likeness (QED) is 0.818. The summed E-state index contributed by atoms with van der Waals surface area (Å²) in [4.78, 5) is 0.167. The number of sulfonamides is 1. The van der Waals surface area contributed by atoms with Crippen LogP contribution in [0.3, 0.4) is 0 Å². The largest absolute Gasteiger partial charge is 0.390 e. The highest BCUT2D eigenvalue weighted by Gasteiger charge is 2.25. The molecular formula is C12H20Cl2N2O3S. The minimum atomic E-state index is -3.64. The Morgan fingerprint density at radius 3 is 2.50 bits per heavy atom. The van der Waals surface area contributed by atoms with Gasteiger partial charge in [0.1, 0.15) is 0 Å². The van der Waals surface area contributed by atoms with Crippen LogP contribution in [0, 0.1) is 6.92 Å². The maximum absolute atomic E-state index is 12.4. The van der Waals surface area contributed by atoms with Gasteiger partial charge in [-0.25, -0.2) is 8.42 Å². The van der Waals surface area contributed by atoms with E-state index in [1.165, 1.54) is 16.4 Å². The highest BCUT2D eigenvalue weighted by molar-refractivity contribution is 7.89. The Labute approximate surface area is 131 Å². The highest BCUT2D eigenvalue weighted by atomic mass is 35.5. The van der Waals surface area contributed by atoms with Crippen molar-refractivity contribution in [1.29, 1.82) is 0 Å². The summed E-state index contributed by atoms with van der Waals surface area (Å²) in [6.07, 6.45) is -0.872. The zero-order valence-electron chi connectivity index (χ0n) is 11.4. The summed E-state index contributed by atoms with van der Waals surface area (Å²) in [5.41, 5.74) is 6.00. The predicted octanol–water partition coefficient (Wildman–Crippen LogP) is 1.40. The Bertz CT molecular complexity index is 538. The molecule has 1 aromatic carbocycles. The maximum atomic E-state index is 12.4. The first-order valence-electron chi connectivity index (χ1n) is 5.97. The molecule has 0 aliphatic heterocycles. The van der Waals surface area contributed by atoms with E-state index in [4.69, 9.17) is 17.3 Å². The van der Waals surface area contributed by atoms with E-state index in [0.29, 0.717) is 10.6 Å². The average Bonchev–Trinajstić information content (AvgIpc) is 2.38. The molecule has 0 spiro atoms. The van der Waals surface area contributed by atoms with Gasteiger partial charge < -0.3 is 10.8 Å². The van der Waals surface area contributed by atoms with Gasteiger partial charge in [-0.15, -0.1) is 12.4 Å². The molecule has 116 valence electrons. The molecule has 0 saturated heterocycles. The first-order chi connectivity index (χ1) is 8.82. The summed E-state index contributed by atoms with van der Waals surface area (Å²) in [6, 6.07) is 4.54. The van der Waals surface area contributed by atoms with Crippen molar-refractivity contribution in [2.75, 3.05) is 19.6 Å². The third-order valence-corrected chi connectivity index (χ3v) is 5.17. The van der Waals surface area contributed by atoms with Gasteiger partial charge in [-0.1, -0.05) is 18.5 Å². The molecule has 0 bridgehead atoms. The fraction of sp³-hybridized carbons (Fsp3) is 0.500. The van der Waals surface area contributed by atoms with Gasteiger partial charge in [0.25, 0.3) is 0 Å². The third-order valence-electron chi connectivity index (χ3n) is 2.81. The van der Waals surface area contributed by atoms with E-state index in [2.05, 4.69) is 0 Å². The van der Waals surface area contributed by atoms with Gasteiger partial charge in [-0.3, -0.25) is 0 Å². The minimum Gasteiger partial charge on any atom is -0.390 e. The summed E-state index contributed by atoms with van der Waals surface area (Å²) < 4.78 is 26.0. The lowest BCUT2D eigenvalue weighted by molar-refractivity contribution is 0.154. The Hall–Kier alpha value is -0.370. The lowest BCUT2D eigenvalue weighted by atomic mass is 10.2. The van der Waals surface area contributed by atoms with E-state index in [1.807, 2.05) is 0 Å². The van der Waals surface area contributed by atoms with E-state index >= 15 is 0 Å². The zero-order chi connectivity index (χ0) is 14.6. The molecule has 0 heterocycles. The molecule has 0 fully saturated rings. The molecule has 0 aliphatic rings. The van der Waals surface area contributed by atoms with Crippen molar-refractivity contribution in [3.05, 3.63) is 28.8 Å². The zero-order valence-corrected chi connectivity index (χ0v) is 13.8. The Morgan fingerprint density at radius 2 is 2.05 bits per heavy atom. The molecular weight excluding hydrogens is 323 g/mol. The van der Waals surface area contributed by atoms with Gasteiger partial charge in [0.05, 0.1) is 11.0 Å². The average molecular weight is 343 g/mol. The van der Waals surface area contributed by atoms with Crippen LogP contribution in [-0.2, 0) is 10.0 Å². The molecule has 20 heavy (non-hydrogen) atoms. The molecule has 1 aromatic rings. The van der Waals surface area contributed by atoms with E-state index in [1.54, 1.807) is 19.9 Å². The van der Waals surface area contributed by atoms with Crippen LogP contribution in [0.4, 0.5) is 0 Å². The van der Waals surface area contributed by atoms with Gasteiger partial charge in [-0.2, -0.15) is 4.31 Å². The molecule has 0 aliphatic carbocycles. The topological polar surface area (TPSA) is 83.6 Å². The van der Waals surface area contributed by atoms with Crippen molar-refractivity contribution in [3.63, 3.8) is 0 Å². The molecule has 1 unspecified atom stereocenters. The number of likely N-dealkylation sites (N-methyl/N-ethyl adjacent to an activating group) is 1. The second-order valence-corrected chi connectivity index (χ2v) is 6.60. The van der Waals surface area contributed by atoms with Crippen LogP contribution in [0.25, 0.3) is 0 Å². The minimum absolute atomic E-state index is 0. The van der Waals surface area contributed by atoms with Crippen molar-refractivity contribution in [2.24, 2.45) is 5.73 Å². The van der Waals surface area contributed by atoms with Crippen LogP contribution in [0.1, 0.15) is 12.5 Å². The highest BCUT2D eigenvalue weighted by Crippen LogP contribution is 2.22. The van der Waals surface area contributed by atoms with E-state index in [9.17, 15) is 13.5 Å². The molecule has 0 amide bonds. The number of rotatable bonds is 6. The first-order valence-corrected chi connectivity index (χ1v) is 7.79. The molecule has 0 saturated carbocycles. The van der Waals surface area contributed by atoms with E-state index in [0.717, 1.165) is 0 Å². The van der Waals surface area contributed by atoms with Crippen LogP contribution in [0.2, 0.25) is 5.02 Å². The Morgan fingerprint density at radius 1 is 1.45 bits per heavy atom. The van der Waals surface area contributed by atoms with Crippen LogP contribution >= 0.6 is 24.0 Å². The summed E-state index contributed by atoms with van der Waals surface area (Å²) >= 11 is 5.89. The number of nitrogens with zero attached hydrogens (tertiary/aromatic N) is 1. The number of hydrogen-bond donors (Lipinski definition) is 2. The summed E-state index contributed by atoms with van der Waals surface area (Å²) in [7, 11) is -3.64. The number of benzene rings is 1. The van der Waals surface area contributed by atoms with Crippen molar-refractivity contribution < 1.29 is 13.5 Å². The first kappa shape index (κ1) is 19.6. The van der Waals surface area contributed by atoms with Crippen LogP contribution < -0.4 is 5.73 Å². The van der Waals surface area contributed by atoms with Gasteiger partial charge in [0.2, 0.25) is 10.0 Å². The van der Waals surface area contributed by atoms with Gasteiger partial charge in [0.15, 0.2) is 0 Å². The van der Waals surface area contributed by atoms with Crippen LogP contribution in [0.5, 0.6) is 0 Å². The standard InChI is InChI=1S/C12H19ClN2O3S.ClH/c1-3-15(8-10(16)7-14)19(17,18)11-4-5-12(13)9(2)6-11;/h4-6,10,16H,3,7-8,14H2,1-2H3;1H. The van der Waals surface area contributed by atoms with Crippen LogP contribution in [0.15, 0.2) is 23.1 Å². The van der Waals surface area contributed by atoms with Crippen molar-refractivity contribution >= 4 is 34.0 Å². The van der Waals surface area contributed by atoms with Crippen molar-refractivity contribution in [1.82, 2.24) is 4.31 Å². The molecule has 8 heteroatoms. The van der Waals surface area contributed by atoms with Crippen molar-refractivity contribution in [3.8, 4) is 0 Å². The van der Waals surface area contributed by atoms with Gasteiger partial charge in [0, 0.05) is 24.7 Å². The number of hydrogen-bond acceptors (Lipinski definition) is 4. The predicted molar refractivity (Wildman–Crippen MR) is 82.9 cm³/mol. The van der Waals surface area contributed by atoms with Crippen LogP contribution in [-0.4, -0.2) is 43.6 Å². The van der Waals surface area contributed by atoms with E-state index in [-0.39, 0.29) is 36.9 Å². The number of halogens is 2.